The van der Waals surface area contributed by atoms with Crippen molar-refractivity contribution >= 4 is 22.4 Å². The van der Waals surface area contributed by atoms with E-state index >= 15 is 0 Å². The Balaban J connectivity index is 0.00000338. The normalized spacial score (nSPS) is 12.0. The van der Waals surface area contributed by atoms with E-state index in [-0.39, 0.29) is 36.9 Å². The quantitative estimate of drug-likeness (QED) is 0.762. The summed E-state index contributed by atoms with van der Waals surface area (Å²) in [4.78, 5) is 2.93. The summed E-state index contributed by atoms with van der Waals surface area (Å²) in [6, 6.07) is 10.8. The number of nitrogens with zero attached hydrogens (tertiary/aromatic N) is 2. The van der Waals surface area contributed by atoms with Gasteiger partial charge in [0.1, 0.15) is 10.6 Å². The fourth-order valence-corrected chi connectivity index (χ4v) is 3.65. The van der Waals surface area contributed by atoms with E-state index in [0.29, 0.717) is 12.5 Å². The van der Waals surface area contributed by atoms with Crippen molar-refractivity contribution in [3.8, 4) is 0 Å². The van der Waals surface area contributed by atoms with E-state index in [1.165, 1.54) is 0 Å². The Morgan fingerprint density at radius 2 is 1.69 bits per heavy atom. The highest BCUT2D eigenvalue weighted by molar-refractivity contribution is 7.89. The van der Waals surface area contributed by atoms with Crippen LogP contribution in [0, 0.1) is 0 Å². The van der Waals surface area contributed by atoms with E-state index < -0.39 is 21.9 Å². The molecular formula is C16H19ClF3N3O2S. The summed E-state index contributed by atoms with van der Waals surface area (Å²) in [6.07, 6.45) is -3.43. The molecule has 0 aliphatic heterocycles. The van der Waals surface area contributed by atoms with Crippen LogP contribution in [0.3, 0.4) is 0 Å². The third kappa shape index (κ3) is 5.66. The van der Waals surface area contributed by atoms with Gasteiger partial charge in [-0.15, -0.1) is 12.4 Å². The van der Waals surface area contributed by atoms with Crippen molar-refractivity contribution in [3.63, 3.8) is 0 Å². The standard InChI is InChI=1S/C16H18F3N3O2S.ClH/c17-16(18,19)15-7-6-14(12-21-15)25(23,24)22(11-9-20)10-8-13-4-2-1-3-5-13;/h1-7,12H,8-11,20H2;1H. The molecule has 0 aliphatic carbocycles. The maximum Gasteiger partial charge on any atom is 0.433 e. The van der Waals surface area contributed by atoms with Crippen LogP contribution in [0.2, 0.25) is 0 Å². The molecule has 2 aromatic rings. The summed E-state index contributed by atoms with van der Waals surface area (Å²) in [5.41, 5.74) is 5.30. The van der Waals surface area contributed by atoms with E-state index in [1.54, 1.807) is 0 Å². The molecule has 0 spiro atoms. The lowest BCUT2D eigenvalue weighted by Crippen LogP contribution is -2.37. The Kier molecular flexibility index (Phi) is 8.01. The van der Waals surface area contributed by atoms with Gasteiger partial charge in [-0.25, -0.2) is 8.42 Å². The number of nitrogens with two attached hydrogens (primary N) is 1. The number of aromatic nitrogens is 1. The predicted molar refractivity (Wildman–Crippen MR) is 94.4 cm³/mol. The number of sulfonamides is 1. The zero-order valence-corrected chi connectivity index (χ0v) is 15.3. The molecule has 2 N–H and O–H groups in total. The Morgan fingerprint density at radius 1 is 1.04 bits per heavy atom. The molecule has 0 amide bonds. The first-order valence-electron chi connectivity index (χ1n) is 7.52. The van der Waals surface area contributed by atoms with Crippen molar-refractivity contribution < 1.29 is 21.6 Å². The SMILES string of the molecule is Cl.NCCN(CCc1ccccc1)S(=O)(=O)c1ccc(C(F)(F)F)nc1. The van der Waals surface area contributed by atoms with Gasteiger partial charge in [0.15, 0.2) is 0 Å². The number of pyridine rings is 1. The van der Waals surface area contributed by atoms with Gasteiger partial charge in [-0.05, 0) is 24.1 Å². The number of hydrogen-bond acceptors (Lipinski definition) is 4. The first-order chi connectivity index (χ1) is 11.7. The van der Waals surface area contributed by atoms with Gasteiger partial charge in [-0.3, -0.25) is 4.98 Å². The van der Waals surface area contributed by atoms with Crippen molar-refractivity contribution in [2.45, 2.75) is 17.5 Å². The molecule has 0 aliphatic rings. The number of alkyl halides is 3. The molecule has 10 heteroatoms. The van der Waals surface area contributed by atoms with Crippen LogP contribution in [0.4, 0.5) is 13.2 Å². The minimum absolute atomic E-state index is 0. The van der Waals surface area contributed by atoms with Crippen LogP contribution in [-0.2, 0) is 22.6 Å². The van der Waals surface area contributed by atoms with E-state index in [2.05, 4.69) is 4.98 Å². The maximum absolute atomic E-state index is 12.7. The molecular weight excluding hydrogens is 391 g/mol. The van der Waals surface area contributed by atoms with E-state index in [0.717, 1.165) is 22.1 Å². The Labute approximate surface area is 156 Å². The van der Waals surface area contributed by atoms with Crippen molar-refractivity contribution in [2.75, 3.05) is 19.6 Å². The van der Waals surface area contributed by atoms with Crippen molar-refractivity contribution in [1.82, 2.24) is 9.29 Å². The molecule has 5 nitrogen and oxygen atoms in total. The molecule has 0 fully saturated rings. The molecule has 26 heavy (non-hydrogen) atoms. The zero-order chi connectivity index (χ0) is 18.5. The van der Waals surface area contributed by atoms with Crippen LogP contribution < -0.4 is 5.73 Å². The molecule has 0 bridgehead atoms. The summed E-state index contributed by atoms with van der Waals surface area (Å²) >= 11 is 0. The van der Waals surface area contributed by atoms with Crippen LogP contribution >= 0.6 is 12.4 Å². The highest BCUT2D eigenvalue weighted by Gasteiger charge is 2.33. The summed E-state index contributed by atoms with van der Waals surface area (Å²) in [5.74, 6) is 0. The molecule has 2 rings (SSSR count). The van der Waals surface area contributed by atoms with Crippen LogP contribution in [-0.4, -0.2) is 37.3 Å². The second-order valence-corrected chi connectivity index (χ2v) is 7.24. The number of benzene rings is 1. The van der Waals surface area contributed by atoms with Gasteiger partial charge in [0.25, 0.3) is 0 Å². The lowest BCUT2D eigenvalue weighted by Gasteiger charge is -2.21. The highest BCUT2D eigenvalue weighted by Crippen LogP contribution is 2.28. The average molecular weight is 410 g/mol. The van der Waals surface area contributed by atoms with Crippen LogP contribution in [0.25, 0.3) is 0 Å². The van der Waals surface area contributed by atoms with Gasteiger partial charge < -0.3 is 5.73 Å². The smallest absolute Gasteiger partial charge is 0.329 e. The first kappa shape index (κ1) is 22.4. The lowest BCUT2D eigenvalue weighted by atomic mass is 10.1. The van der Waals surface area contributed by atoms with E-state index in [9.17, 15) is 21.6 Å². The molecule has 1 aromatic carbocycles. The average Bonchev–Trinajstić information content (AvgIpc) is 2.58. The van der Waals surface area contributed by atoms with Crippen LogP contribution in [0.5, 0.6) is 0 Å². The van der Waals surface area contributed by atoms with Crippen LogP contribution in [0.1, 0.15) is 11.3 Å². The van der Waals surface area contributed by atoms with E-state index in [4.69, 9.17) is 5.73 Å². The number of rotatable bonds is 7. The summed E-state index contributed by atoms with van der Waals surface area (Å²) in [6.45, 7) is 0.336. The van der Waals surface area contributed by atoms with Gasteiger partial charge in [0.2, 0.25) is 10.0 Å². The fourth-order valence-electron chi connectivity index (χ4n) is 2.24. The Hall–Kier alpha value is -1.68. The summed E-state index contributed by atoms with van der Waals surface area (Å²) < 4.78 is 64.2. The largest absolute Gasteiger partial charge is 0.433 e. The minimum atomic E-state index is -4.62. The highest BCUT2D eigenvalue weighted by atomic mass is 35.5. The topological polar surface area (TPSA) is 76.3 Å². The fraction of sp³-hybridized carbons (Fsp3) is 0.312. The number of halogens is 4. The zero-order valence-electron chi connectivity index (χ0n) is 13.7. The molecule has 1 heterocycles. The summed E-state index contributed by atoms with van der Waals surface area (Å²) in [7, 11) is -3.97. The van der Waals surface area contributed by atoms with Gasteiger partial charge in [0, 0.05) is 25.8 Å². The van der Waals surface area contributed by atoms with Gasteiger partial charge >= 0.3 is 6.18 Å². The number of hydrogen-bond donors (Lipinski definition) is 1. The molecule has 0 atom stereocenters. The third-order valence-corrected chi connectivity index (χ3v) is 5.42. The predicted octanol–water partition coefficient (Wildman–Crippen LogP) is 2.71. The second kappa shape index (κ2) is 9.31. The Bertz CT molecular complexity index is 785. The van der Waals surface area contributed by atoms with Crippen molar-refractivity contribution in [1.29, 1.82) is 0 Å². The molecule has 0 saturated carbocycles. The lowest BCUT2D eigenvalue weighted by molar-refractivity contribution is -0.141. The third-order valence-electron chi connectivity index (χ3n) is 3.54. The minimum Gasteiger partial charge on any atom is -0.329 e. The molecule has 1 aromatic heterocycles. The van der Waals surface area contributed by atoms with Gasteiger partial charge in [-0.1, -0.05) is 30.3 Å². The van der Waals surface area contributed by atoms with Crippen LogP contribution in [0.15, 0.2) is 53.6 Å². The summed E-state index contributed by atoms with van der Waals surface area (Å²) in [5, 5.41) is 0. The second-order valence-electron chi connectivity index (χ2n) is 5.31. The molecule has 0 radical (unpaired) electrons. The van der Waals surface area contributed by atoms with E-state index in [1.807, 2.05) is 30.3 Å². The first-order valence-corrected chi connectivity index (χ1v) is 8.96. The van der Waals surface area contributed by atoms with Crippen molar-refractivity contribution in [2.24, 2.45) is 5.73 Å². The molecule has 0 saturated heterocycles. The van der Waals surface area contributed by atoms with Gasteiger partial charge in [-0.2, -0.15) is 17.5 Å². The van der Waals surface area contributed by atoms with Crippen molar-refractivity contribution in [3.05, 3.63) is 59.9 Å². The molecule has 0 unspecified atom stereocenters. The monoisotopic (exact) mass is 409 g/mol. The molecule has 144 valence electrons. The maximum atomic E-state index is 12.7. The Morgan fingerprint density at radius 3 is 2.19 bits per heavy atom. The van der Waals surface area contributed by atoms with Gasteiger partial charge in [0.05, 0.1) is 0 Å².